The van der Waals surface area contributed by atoms with Crippen LogP contribution >= 0.6 is 11.3 Å². The van der Waals surface area contributed by atoms with Crippen LogP contribution in [0, 0.1) is 0 Å². The Morgan fingerprint density at radius 1 is 1.32 bits per heavy atom. The number of aromatic nitrogens is 3. The summed E-state index contributed by atoms with van der Waals surface area (Å²) in [6.07, 6.45) is 5.93. The van der Waals surface area contributed by atoms with E-state index in [1.165, 1.54) is 35.9 Å². The van der Waals surface area contributed by atoms with E-state index >= 15 is 0 Å². The van der Waals surface area contributed by atoms with Crippen LogP contribution in [0.25, 0.3) is 10.7 Å². The van der Waals surface area contributed by atoms with Gasteiger partial charge in [-0.3, -0.25) is 14.5 Å². The van der Waals surface area contributed by atoms with Gasteiger partial charge in [0.25, 0.3) is 15.9 Å². The first kappa shape index (κ1) is 24.0. The summed E-state index contributed by atoms with van der Waals surface area (Å²) in [5.41, 5.74) is 1.16. The third-order valence-corrected chi connectivity index (χ3v) is 7.12. The number of amides is 1. The molecule has 180 valence electrons. The number of carbonyl (C=O) groups is 1. The van der Waals surface area contributed by atoms with E-state index in [4.69, 9.17) is 4.74 Å². The number of nitrogens with zero attached hydrogens (tertiary/aromatic N) is 4. The van der Waals surface area contributed by atoms with E-state index in [-0.39, 0.29) is 17.6 Å². The molecule has 1 fully saturated rings. The van der Waals surface area contributed by atoms with E-state index < -0.39 is 15.8 Å². The van der Waals surface area contributed by atoms with Crippen molar-refractivity contribution in [1.29, 1.82) is 0 Å². The van der Waals surface area contributed by atoms with E-state index in [0.717, 1.165) is 6.42 Å². The van der Waals surface area contributed by atoms with Gasteiger partial charge in [0.1, 0.15) is 15.6 Å². The lowest BCUT2D eigenvalue weighted by Gasteiger charge is -2.25. The van der Waals surface area contributed by atoms with E-state index in [1.807, 2.05) is 11.6 Å². The van der Waals surface area contributed by atoms with Gasteiger partial charge >= 0.3 is 5.76 Å². The van der Waals surface area contributed by atoms with Crippen molar-refractivity contribution in [2.75, 3.05) is 17.9 Å². The van der Waals surface area contributed by atoms with E-state index in [2.05, 4.69) is 15.0 Å². The van der Waals surface area contributed by atoms with Crippen LogP contribution in [0.1, 0.15) is 41.0 Å². The van der Waals surface area contributed by atoms with Crippen LogP contribution in [0.5, 0.6) is 5.88 Å². The van der Waals surface area contributed by atoms with Crippen molar-refractivity contribution < 1.29 is 26.7 Å². The topological polar surface area (TPSA) is 114 Å². The van der Waals surface area contributed by atoms with Crippen LogP contribution in [0.3, 0.4) is 0 Å². The summed E-state index contributed by atoms with van der Waals surface area (Å²) in [6, 6.07) is 5.84. The molecule has 1 aromatic carbocycles. The molecule has 34 heavy (non-hydrogen) atoms. The van der Waals surface area contributed by atoms with E-state index in [9.17, 15) is 22.0 Å². The number of alkyl halides is 2. The molecule has 13 heteroatoms. The highest BCUT2D eigenvalue weighted by Crippen LogP contribution is 2.36. The van der Waals surface area contributed by atoms with Gasteiger partial charge in [0.2, 0.25) is 5.88 Å². The molecule has 1 saturated heterocycles. The highest BCUT2D eigenvalue weighted by molar-refractivity contribution is 7.93. The van der Waals surface area contributed by atoms with Crippen LogP contribution in [-0.2, 0) is 10.0 Å². The fraction of sp³-hybridized carbons (Fsp3) is 0.333. The van der Waals surface area contributed by atoms with Gasteiger partial charge in [-0.05, 0) is 37.5 Å². The molecule has 0 spiro atoms. The van der Waals surface area contributed by atoms with Crippen molar-refractivity contribution in [3.8, 4) is 16.6 Å². The molecule has 1 aliphatic rings. The molecule has 9 nitrogen and oxygen atoms in total. The molecule has 0 unspecified atom stereocenters. The average Bonchev–Trinajstić information content (AvgIpc) is 3.49. The van der Waals surface area contributed by atoms with E-state index in [1.54, 1.807) is 23.2 Å². The molecule has 0 saturated carbocycles. The monoisotopic (exact) mass is 509 g/mol. The van der Waals surface area contributed by atoms with Crippen LogP contribution < -0.4 is 9.46 Å². The molecule has 3 aromatic rings. The van der Waals surface area contributed by atoms with Gasteiger partial charge in [-0.1, -0.05) is 12.1 Å². The summed E-state index contributed by atoms with van der Waals surface area (Å²) < 4.78 is 55.7. The fourth-order valence-electron chi connectivity index (χ4n) is 3.68. The molecule has 2 aromatic heterocycles. The van der Waals surface area contributed by atoms with Crippen molar-refractivity contribution in [1.82, 2.24) is 19.9 Å². The lowest BCUT2D eigenvalue weighted by molar-refractivity contribution is 0.0740. The minimum absolute atomic E-state index is 0.0185. The van der Waals surface area contributed by atoms with Gasteiger partial charge in [0, 0.05) is 12.2 Å². The summed E-state index contributed by atoms with van der Waals surface area (Å²) in [5.74, 6) is -3.40. The molecule has 1 atom stereocenters. The zero-order valence-corrected chi connectivity index (χ0v) is 19.7. The minimum atomic E-state index is -4.79. The van der Waals surface area contributed by atoms with Crippen LogP contribution in [0.15, 0.2) is 42.9 Å². The molecule has 1 aliphatic heterocycles. The quantitative estimate of drug-likeness (QED) is 0.489. The number of thiazole rings is 1. The smallest absolute Gasteiger partial charge is 0.355 e. The lowest BCUT2D eigenvalue weighted by atomic mass is 10.0. The summed E-state index contributed by atoms with van der Waals surface area (Å²) >= 11 is 1.18. The van der Waals surface area contributed by atoms with Gasteiger partial charge < -0.3 is 9.64 Å². The molecule has 0 bridgehead atoms. The number of hydrogen-bond acceptors (Lipinski definition) is 8. The average molecular weight is 510 g/mol. The first-order valence-corrected chi connectivity index (χ1v) is 12.8. The summed E-state index contributed by atoms with van der Waals surface area (Å²) in [6.45, 7) is 2.79. The number of benzene rings is 1. The number of halogens is 2. The predicted molar refractivity (Wildman–Crippen MR) is 122 cm³/mol. The largest absolute Gasteiger partial charge is 0.477 e. The molecule has 3 heterocycles. The number of sulfonamides is 1. The number of hydrogen-bond donors (Lipinski definition) is 1. The van der Waals surface area contributed by atoms with Crippen molar-refractivity contribution in [3.05, 3.63) is 53.3 Å². The first-order valence-electron chi connectivity index (χ1n) is 10.4. The highest BCUT2D eigenvalue weighted by atomic mass is 32.2. The predicted octanol–water partition coefficient (Wildman–Crippen LogP) is 3.94. The van der Waals surface area contributed by atoms with Crippen LogP contribution in [-0.4, -0.2) is 53.1 Å². The summed E-state index contributed by atoms with van der Waals surface area (Å²) in [4.78, 5) is 28.1. The van der Waals surface area contributed by atoms with Gasteiger partial charge in [0.15, 0.2) is 0 Å². The van der Waals surface area contributed by atoms with Gasteiger partial charge in [-0.15, -0.1) is 11.3 Å². The zero-order valence-electron chi connectivity index (χ0n) is 18.0. The number of anilines is 1. The van der Waals surface area contributed by atoms with Crippen LogP contribution in [0.4, 0.5) is 14.5 Å². The molecular formula is C21H21F2N5O4S2. The second-order valence-corrected chi connectivity index (χ2v) is 10.1. The maximum Gasteiger partial charge on any atom is 0.355 e. The Morgan fingerprint density at radius 3 is 2.91 bits per heavy atom. The summed E-state index contributed by atoms with van der Waals surface area (Å²) in [7, 11) is -4.79. The molecule has 0 aliphatic carbocycles. The fourth-order valence-corrected chi connectivity index (χ4v) is 5.05. The highest BCUT2D eigenvalue weighted by Gasteiger charge is 2.32. The Bertz CT molecular complexity index is 1290. The minimum Gasteiger partial charge on any atom is -0.477 e. The lowest BCUT2D eigenvalue weighted by Crippen LogP contribution is -2.30. The third-order valence-electron chi connectivity index (χ3n) is 5.12. The second kappa shape index (κ2) is 9.97. The third kappa shape index (κ3) is 5.14. The summed E-state index contributed by atoms with van der Waals surface area (Å²) in [5, 5.41) is 0.525. The molecule has 4 rings (SSSR count). The normalized spacial score (nSPS) is 16.1. The van der Waals surface area contributed by atoms with Crippen LogP contribution in [0.2, 0.25) is 0 Å². The molecular weight excluding hydrogens is 488 g/mol. The Morgan fingerprint density at radius 2 is 2.15 bits per heavy atom. The standard InChI is InChI=1S/C21H21F2N5O4S2/c1-2-32-18-12-24-10-15(26-18)19-25-11-17(33-19)20(29)28-8-4-7-16(28)13-5-3-6-14(9-13)27-34(30,31)21(22)23/h3,5-6,9-12,16,21,27H,2,4,7-8H2,1H3/t16-/m1/s1. The van der Waals surface area contributed by atoms with Gasteiger partial charge in [-0.2, -0.15) is 8.78 Å². The Kier molecular flexibility index (Phi) is 7.03. The zero-order chi connectivity index (χ0) is 24.3. The maximum absolute atomic E-state index is 13.3. The van der Waals surface area contributed by atoms with Crippen molar-refractivity contribution >= 4 is 33.0 Å². The molecule has 1 N–H and O–H groups in total. The Balaban J connectivity index is 1.54. The number of ether oxygens (including phenoxy) is 1. The molecule has 0 radical (unpaired) electrons. The van der Waals surface area contributed by atoms with Crippen molar-refractivity contribution in [3.63, 3.8) is 0 Å². The Hall–Kier alpha value is -3.19. The number of likely N-dealkylation sites (tertiary alicyclic amines) is 1. The van der Waals surface area contributed by atoms with Crippen molar-refractivity contribution in [2.45, 2.75) is 31.6 Å². The first-order chi connectivity index (χ1) is 16.3. The molecule has 1 amide bonds. The van der Waals surface area contributed by atoms with Gasteiger partial charge in [-0.25, -0.2) is 18.4 Å². The number of carbonyl (C=O) groups excluding carboxylic acids is 1. The van der Waals surface area contributed by atoms with E-state index in [0.29, 0.717) is 46.6 Å². The second-order valence-electron chi connectivity index (χ2n) is 7.39. The maximum atomic E-state index is 13.3. The number of rotatable bonds is 8. The number of nitrogens with one attached hydrogen (secondary N) is 1. The van der Waals surface area contributed by atoms with Gasteiger partial charge in [0.05, 0.1) is 31.2 Å². The SMILES string of the molecule is CCOc1cncc(-c2ncc(C(=O)N3CCC[C@@H]3c3cccc(NS(=O)(=O)C(F)F)c3)s2)n1. The Labute approximate surface area is 198 Å². The van der Waals surface area contributed by atoms with Crippen molar-refractivity contribution in [2.24, 2.45) is 0 Å².